The van der Waals surface area contributed by atoms with Gasteiger partial charge in [0.25, 0.3) is 5.91 Å². The predicted molar refractivity (Wildman–Crippen MR) is 74.4 cm³/mol. The van der Waals surface area contributed by atoms with E-state index in [0.29, 0.717) is 0 Å². The lowest BCUT2D eigenvalue weighted by atomic mass is 9.85. The average molecular weight is 348 g/mol. The van der Waals surface area contributed by atoms with Crippen molar-refractivity contribution in [3.8, 4) is 0 Å². The lowest BCUT2D eigenvalue weighted by molar-refractivity contribution is 0.0829. The maximum atomic E-state index is 13.2. The Balaban J connectivity index is 2.19. The Morgan fingerprint density at radius 2 is 2.15 bits per heavy atom. The van der Waals surface area contributed by atoms with Gasteiger partial charge in [-0.25, -0.2) is 8.78 Å². The first-order chi connectivity index (χ1) is 9.37. The van der Waals surface area contributed by atoms with Crippen molar-refractivity contribution in [2.45, 2.75) is 32.2 Å². The summed E-state index contributed by atoms with van der Waals surface area (Å²) in [5.74, 6) is -2.54. The molecule has 0 bridgehead atoms. The molecule has 3 nitrogen and oxygen atoms in total. The van der Waals surface area contributed by atoms with Crippen molar-refractivity contribution < 1.29 is 18.7 Å². The molecule has 0 radical (unpaired) electrons. The first-order valence-electron chi connectivity index (χ1n) is 6.43. The first-order valence-corrected chi connectivity index (χ1v) is 7.23. The summed E-state index contributed by atoms with van der Waals surface area (Å²) in [6.07, 6.45) is 2.51. The molecule has 1 amide bonds. The fourth-order valence-electron chi connectivity index (χ4n) is 2.60. The Hall–Kier alpha value is -1.01. The van der Waals surface area contributed by atoms with E-state index in [1.54, 1.807) is 0 Å². The van der Waals surface area contributed by atoms with Crippen LogP contribution in [0.15, 0.2) is 16.6 Å². The van der Waals surface area contributed by atoms with E-state index in [2.05, 4.69) is 21.2 Å². The van der Waals surface area contributed by atoms with Gasteiger partial charge in [0.2, 0.25) is 0 Å². The lowest BCUT2D eigenvalue weighted by Gasteiger charge is -2.30. The van der Waals surface area contributed by atoms with Crippen LogP contribution in [0.25, 0.3) is 0 Å². The SMILES string of the molecule is C[C@]1(CO)CCC[C@H]1NC(=O)c1cc(F)c(F)cc1Br. The van der Waals surface area contributed by atoms with Crippen molar-refractivity contribution in [1.82, 2.24) is 5.32 Å². The summed E-state index contributed by atoms with van der Waals surface area (Å²) < 4.78 is 26.5. The molecule has 2 N–H and O–H groups in total. The Kier molecular flexibility index (Phi) is 4.44. The van der Waals surface area contributed by atoms with Crippen molar-refractivity contribution >= 4 is 21.8 Å². The minimum Gasteiger partial charge on any atom is -0.396 e. The molecule has 6 heteroatoms. The third-order valence-electron chi connectivity index (χ3n) is 4.00. The molecular weight excluding hydrogens is 332 g/mol. The van der Waals surface area contributed by atoms with Crippen LogP contribution >= 0.6 is 15.9 Å². The second kappa shape index (κ2) is 5.77. The maximum Gasteiger partial charge on any atom is 0.252 e. The highest BCUT2D eigenvalue weighted by molar-refractivity contribution is 9.10. The number of hydrogen-bond acceptors (Lipinski definition) is 2. The number of carbonyl (C=O) groups is 1. The van der Waals surface area contributed by atoms with Gasteiger partial charge in [-0.15, -0.1) is 0 Å². The largest absolute Gasteiger partial charge is 0.396 e. The zero-order valence-electron chi connectivity index (χ0n) is 11.0. The predicted octanol–water partition coefficient (Wildman–Crippen LogP) is 3.01. The molecule has 20 heavy (non-hydrogen) atoms. The molecule has 110 valence electrons. The first kappa shape index (κ1) is 15.4. The molecule has 2 rings (SSSR count). The van der Waals surface area contributed by atoms with E-state index in [9.17, 15) is 18.7 Å². The zero-order chi connectivity index (χ0) is 14.9. The number of amides is 1. The molecule has 0 saturated heterocycles. The number of benzene rings is 1. The van der Waals surface area contributed by atoms with Gasteiger partial charge in [0.05, 0.1) is 12.2 Å². The van der Waals surface area contributed by atoms with Crippen LogP contribution in [-0.2, 0) is 0 Å². The standard InChI is InChI=1S/C14H16BrF2NO2/c1-14(7-19)4-2-3-12(14)18-13(20)8-5-10(16)11(17)6-9(8)15/h5-6,12,19H,2-4,7H2,1H3,(H,18,20)/t12-,14-/m1/s1. The van der Waals surface area contributed by atoms with Crippen LogP contribution in [0.3, 0.4) is 0 Å². The fraction of sp³-hybridized carbons (Fsp3) is 0.500. The highest BCUT2D eigenvalue weighted by Crippen LogP contribution is 2.37. The molecule has 1 fully saturated rings. The summed E-state index contributed by atoms with van der Waals surface area (Å²) in [5, 5.41) is 12.3. The van der Waals surface area contributed by atoms with Crippen molar-refractivity contribution in [2.75, 3.05) is 6.61 Å². The number of halogens is 3. The molecule has 1 aromatic rings. The van der Waals surface area contributed by atoms with Crippen molar-refractivity contribution in [3.63, 3.8) is 0 Å². The molecule has 0 aromatic heterocycles. The third kappa shape index (κ3) is 2.86. The molecule has 1 aliphatic carbocycles. The molecular formula is C14H16BrF2NO2. The topological polar surface area (TPSA) is 49.3 Å². The van der Waals surface area contributed by atoms with Crippen LogP contribution < -0.4 is 5.32 Å². The third-order valence-corrected chi connectivity index (χ3v) is 4.66. The van der Waals surface area contributed by atoms with Crippen LogP contribution in [0.1, 0.15) is 36.5 Å². The fourth-order valence-corrected chi connectivity index (χ4v) is 3.10. The summed E-state index contributed by atoms with van der Waals surface area (Å²) >= 11 is 3.06. The number of carbonyl (C=O) groups excluding carboxylic acids is 1. The molecule has 2 atom stereocenters. The minimum absolute atomic E-state index is 0.0170. The highest BCUT2D eigenvalue weighted by Gasteiger charge is 2.39. The van der Waals surface area contributed by atoms with E-state index in [1.807, 2.05) is 6.92 Å². The lowest BCUT2D eigenvalue weighted by Crippen LogP contribution is -2.44. The van der Waals surface area contributed by atoms with Gasteiger partial charge >= 0.3 is 0 Å². The van der Waals surface area contributed by atoms with Crippen molar-refractivity contribution in [1.29, 1.82) is 0 Å². The number of nitrogens with one attached hydrogen (secondary N) is 1. The molecule has 0 unspecified atom stereocenters. The molecule has 1 aliphatic rings. The number of aliphatic hydroxyl groups is 1. The molecule has 1 saturated carbocycles. The quantitative estimate of drug-likeness (QED) is 0.825. The maximum absolute atomic E-state index is 13.2. The van der Waals surface area contributed by atoms with Crippen LogP contribution in [0, 0.1) is 17.0 Å². The van der Waals surface area contributed by atoms with E-state index in [0.717, 1.165) is 31.4 Å². The molecule has 0 spiro atoms. The molecule has 0 aliphatic heterocycles. The summed E-state index contributed by atoms with van der Waals surface area (Å²) in [5.41, 5.74) is -0.308. The summed E-state index contributed by atoms with van der Waals surface area (Å²) in [4.78, 5) is 12.2. The Morgan fingerprint density at radius 1 is 1.50 bits per heavy atom. The zero-order valence-corrected chi connectivity index (χ0v) is 12.6. The smallest absolute Gasteiger partial charge is 0.252 e. The van der Waals surface area contributed by atoms with Crippen LogP contribution in [-0.4, -0.2) is 23.7 Å². The van der Waals surface area contributed by atoms with E-state index in [4.69, 9.17) is 0 Å². The van der Waals surface area contributed by atoms with Gasteiger partial charge in [0.1, 0.15) is 0 Å². The molecule has 0 heterocycles. The van der Waals surface area contributed by atoms with Crippen LogP contribution in [0.2, 0.25) is 0 Å². The minimum atomic E-state index is -1.06. The van der Waals surface area contributed by atoms with Gasteiger partial charge in [-0.1, -0.05) is 13.3 Å². The van der Waals surface area contributed by atoms with Crippen LogP contribution in [0.4, 0.5) is 8.78 Å². The van der Waals surface area contributed by atoms with Crippen molar-refractivity contribution in [3.05, 3.63) is 33.8 Å². The van der Waals surface area contributed by atoms with E-state index in [-0.39, 0.29) is 28.1 Å². The van der Waals surface area contributed by atoms with E-state index >= 15 is 0 Å². The summed E-state index contributed by atoms with van der Waals surface area (Å²) in [7, 11) is 0. The Labute approximate surface area is 124 Å². The monoisotopic (exact) mass is 347 g/mol. The number of hydrogen-bond donors (Lipinski definition) is 2. The van der Waals surface area contributed by atoms with Crippen molar-refractivity contribution in [2.24, 2.45) is 5.41 Å². The van der Waals surface area contributed by atoms with E-state index in [1.165, 1.54) is 0 Å². The van der Waals surface area contributed by atoms with Gasteiger partial charge in [-0.3, -0.25) is 4.79 Å². The molecule has 1 aromatic carbocycles. The van der Waals surface area contributed by atoms with Gasteiger partial charge in [0, 0.05) is 15.9 Å². The van der Waals surface area contributed by atoms with Crippen LogP contribution in [0.5, 0.6) is 0 Å². The summed E-state index contributed by atoms with van der Waals surface area (Å²) in [6.45, 7) is 1.89. The second-order valence-corrected chi connectivity index (χ2v) is 6.33. The van der Waals surface area contributed by atoms with Gasteiger partial charge in [-0.05, 0) is 40.9 Å². The van der Waals surface area contributed by atoms with Gasteiger partial charge in [0.15, 0.2) is 11.6 Å². The van der Waals surface area contributed by atoms with E-state index < -0.39 is 17.5 Å². The number of rotatable bonds is 3. The van der Waals surface area contributed by atoms with Gasteiger partial charge < -0.3 is 10.4 Å². The van der Waals surface area contributed by atoms with Gasteiger partial charge in [-0.2, -0.15) is 0 Å². The normalized spacial score (nSPS) is 25.8. The number of aliphatic hydroxyl groups excluding tert-OH is 1. The summed E-state index contributed by atoms with van der Waals surface area (Å²) in [6, 6.07) is 1.64. The Morgan fingerprint density at radius 3 is 2.80 bits per heavy atom. The second-order valence-electron chi connectivity index (χ2n) is 5.48. The average Bonchev–Trinajstić information content (AvgIpc) is 2.76. The Bertz CT molecular complexity index is 538. The highest BCUT2D eigenvalue weighted by atomic mass is 79.9.